The van der Waals surface area contributed by atoms with Gasteiger partial charge in [-0.2, -0.15) is 0 Å². The smallest absolute Gasteiger partial charge is 0.306 e. The first kappa shape index (κ1) is 29.0. The van der Waals surface area contributed by atoms with Crippen LogP contribution in [0, 0.1) is 5.92 Å². The van der Waals surface area contributed by atoms with Crippen LogP contribution in [0.1, 0.15) is 75.5 Å². The summed E-state index contributed by atoms with van der Waals surface area (Å²) in [5.74, 6) is -1.39. The zero-order valence-corrected chi connectivity index (χ0v) is 23.5. The van der Waals surface area contributed by atoms with Gasteiger partial charge in [0.15, 0.2) is 5.78 Å². The lowest BCUT2D eigenvalue weighted by atomic mass is 9.64. The summed E-state index contributed by atoms with van der Waals surface area (Å²) in [5.41, 5.74) is 8.04. The molecule has 1 aliphatic carbocycles. The van der Waals surface area contributed by atoms with Crippen molar-refractivity contribution < 1.29 is 19.1 Å². The third-order valence-electron chi connectivity index (χ3n) is 8.42. The Bertz CT molecular complexity index is 1150. The van der Waals surface area contributed by atoms with Gasteiger partial charge in [0.2, 0.25) is 5.91 Å². The summed E-state index contributed by atoms with van der Waals surface area (Å²) in [6.45, 7) is 6.99. The molecule has 0 aromatic heterocycles. The molecular formula is C32H43N3O4. The van der Waals surface area contributed by atoms with Crippen molar-refractivity contribution in [1.82, 2.24) is 10.6 Å². The number of carbonyl (C=O) groups is 3. The topological polar surface area (TPSA) is 111 Å². The highest BCUT2D eigenvalue weighted by Gasteiger charge is 2.56. The summed E-state index contributed by atoms with van der Waals surface area (Å²) in [7, 11) is 0. The Labute approximate surface area is 232 Å². The van der Waals surface area contributed by atoms with Crippen LogP contribution in [0.15, 0.2) is 54.6 Å². The van der Waals surface area contributed by atoms with Crippen LogP contribution in [0.4, 0.5) is 0 Å². The third-order valence-corrected chi connectivity index (χ3v) is 8.42. The quantitative estimate of drug-likeness (QED) is 0.379. The minimum atomic E-state index is -1.12. The molecule has 1 saturated heterocycles. The minimum absolute atomic E-state index is 0.00643. The number of hydrogen-bond acceptors (Lipinski definition) is 6. The number of amides is 1. The number of fused-ring (bicyclic) bond motifs is 2. The molecule has 2 aromatic rings. The van der Waals surface area contributed by atoms with E-state index in [-0.39, 0.29) is 30.0 Å². The van der Waals surface area contributed by atoms with E-state index in [4.69, 9.17) is 10.5 Å². The second-order valence-electron chi connectivity index (χ2n) is 11.6. The monoisotopic (exact) mass is 533 g/mol. The average molecular weight is 534 g/mol. The van der Waals surface area contributed by atoms with Crippen molar-refractivity contribution in [3.05, 3.63) is 71.3 Å². The molecule has 1 spiro atoms. The van der Waals surface area contributed by atoms with E-state index in [9.17, 15) is 14.4 Å². The van der Waals surface area contributed by atoms with Crippen molar-refractivity contribution in [3.8, 4) is 0 Å². The predicted molar refractivity (Wildman–Crippen MR) is 152 cm³/mol. The number of nitrogens with two attached hydrogens (primary N) is 1. The molecule has 210 valence electrons. The van der Waals surface area contributed by atoms with Gasteiger partial charge in [-0.05, 0) is 82.7 Å². The lowest BCUT2D eigenvalue weighted by Crippen LogP contribution is -2.57. The molecular weight excluding hydrogens is 490 g/mol. The lowest BCUT2D eigenvalue weighted by Gasteiger charge is -2.42. The number of esters is 1. The van der Waals surface area contributed by atoms with Crippen molar-refractivity contribution in [1.29, 1.82) is 0 Å². The zero-order chi connectivity index (χ0) is 28.0. The molecule has 4 rings (SSSR count). The fraction of sp³-hybridized carbons (Fsp3) is 0.531. The lowest BCUT2D eigenvalue weighted by molar-refractivity contribution is -0.144. The Morgan fingerprint density at radius 3 is 2.41 bits per heavy atom. The highest BCUT2D eigenvalue weighted by Crippen LogP contribution is 2.57. The normalized spacial score (nSPS) is 20.7. The van der Waals surface area contributed by atoms with E-state index in [0.717, 1.165) is 49.9 Å². The number of piperidine rings is 1. The molecule has 1 amide bonds. The Kier molecular flexibility index (Phi) is 9.23. The molecule has 7 nitrogen and oxygen atoms in total. The van der Waals surface area contributed by atoms with Crippen molar-refractivity contribution >= 4 is 17.7 Å². The molecule has 4 N–H and O–H groups in total. The SMILES string of the molecule is CCOC(=O)CC1c2ccccc2C2(CCNCC2)[C@@H]1C(=O)[C@@H](CCCc1ccccc1)NC(=O)C(C)(C)N. The number of nitrogens with one attached hydrogen (secondary N) is 2. The van der Waals surface area contributed by atoms with Gasteiger partial charge in [-0.25, -0.2) is 0 Å². The fourth-order valence-corrected chi connectivity index (χ4v) is 6.56. The van der Waals surface area contributed by atoms with E-state index in [1.807, 2.05) is 30.3 Å². The Balaban J connectivity index is 1.70. The van der Waals surface area contributed by atoms with Gasteiger partial charge in [-0.15, -0.1) is 0 Å². The fourth-order valence-electron chi connectivity index (χ4n) is 6.56. The van der Waals surface area contributed by atoms with Crippen LogP contribution < -0.4 is 16.4 Å². The zero-order valence-electron chi connectivity index (χ0n) is 23.5. The molecule has 0 radical (unpaired) electrons. The van der Waals surface area contributed by atoms with Crippen molar-refractivity contribution in [2.24, 2.45) is 11.7 Å². The Morgan fingerprint density at radius 2 is 1.74 bits per heavy atom. The summed E-state index contributed by atoms with van der Waals surface area (Å²) in [6.07, 6.45) is 3.78. The van der Waals surface area contributed by atoms with Gasteiger partial charge in [0.05, 0.1) is 24.6 Å². The standard InChI is InChI=1S/C32H43N3O4/c1-4-39-27(36)21-24-23-14-8-9-15-25(23)32(17-19-34-20-18-32)28(24)29(37)26(35-30(38)31(2,3)33)16-10-13-22-11-6-5-7-12-22/h5-9,11-12,14-15,24,26,28,34H,4,10,13,16-21,33H2,1-3H3,(H,35,38)/t24?,26-,28+/m1/s1. The van der Waals surface area contributed by atoms with E-state index < -0.39 is 22.9 Å². The van der Waals surface area contributed by atoms with Gasteiger partial charge in [0.25, 0.3) is 0 Å². The van der Waals surface area contributed by atoms with E-state index >= 15 is 0 Å². The summed E-state index contributed by atoms with van der Waals surface area (Å²) in [6, 6.07) is 17.6. The van der Waals surface area contributed by atoms with Crippen molar-refractivity contribution in [2.75, 3.05) is 19.7 Å². The van der Waals surface area contributed by atoms with Crippen molar-refractivity contribution in [3.63, 3.8) is 0 Å². The first-order valence-electron chi connectivity index (χ1n) is 14.3. The van der Waals surface area contributed by atoms with Crippen LogP contribution in [0.3, 0.4) is 0 Å². The van der Waals surface area contributed by atoms with Gasteiger partial charge in [-0.1, -0.05) is 54.6 Å². The molecule has 0 bridgehead atoms. The van der Waals surface area contributed by atoms with E-state index in [1.54, 1.807) is 20.8 Å². The number of aryl methyl sites for hydroxylation is 1. The van der Waals surface area contributed by atoms with Crippen LogP contribution >= 0.6 is 0 Å². The van der Waals surface area contributed by atoms with E-state index in [0.29, 0.717) is 13.0 Å². The molecule has 3 atom stereocenters. The molecule has 0 saturated carbocycles. The summed E-state index contributed by atoms with van der Waals surface area (Å²) in [4.78, 5) is 40.6. The first-order chi connectivity index (χ1) is 18.7. The molecule has 1 heterocycles. The molecule has 7 heteroatoms. The first-order valence-corrected chi connectivity index (χ1v) is 14.3. The van der Waals surface area contributed by atoms with Gasteiger partial charge in [0, 0.05) is 17.3 Å². The number of Topliss-reactive ketones (excluding diaryl/α,β-unsaturated/α-hetero) is 1. The maximum Gasteiger partial charge on any atom is 0.306 e. The third kappa shape index (κ3) is 6.42. The number of ether oxygens (including phenoxy) is 1. The average Bonchev–Trinajstić information content (AvgIpc) is 3.16. The molecule has 39 heavy (non-hydrogen) atoms. The van der Waals surface area contributed by atoms with Crippen molar-refractivity contribution in [2.45, 2.75) is 82.2 Å². The molecule has 1 fully saturated rings. The number of ketones is 1. The summed E-state index contributed by atoms with van der Waals surface area (Å²) < 4.78 is 5.36. The maximum atomic E-state index is 14.7. The highest BCUT2D eigenvalue weighted by atomic mass is 16.5. The van der Waals surface area contributed by atoms with Gasteiger partial charge >= 0.3 is 5.97 Å². The number of rotatable bonds is 11. The predicted octanol–water partition coefficient (Wildman–Crippen LogP) is 3.79. The second-order valence-corrected chi connectivity index (χ2v) is 11.6. The van der Waals surface area contributed by atoms with Gasteiger partial charge in [0.1, 0.15) is 0 Å². The number of carbonyl (C=O) groups excluding carboxylic acids is 3. The number of hydrogen-bond donors (Lipinski definition) is 3. The second kappa shape index (κ2) is 12.4. The highest BCUT2D eigenvalue weighted by molar-refractivity contribution is 5.95. The Hall–Kier alpha value is -3.03. The summed E-state index contributed by atoms with van der Waals surface area (Å²) >= 11 is 0. The van der Waals surface area contributed by atoms with Crippen LogP contribution in [0.2, 0.25) is 0 Å². The summed E-state index contributed by atoms with van der Waals surface area (Å²) in [5, 5.41) is 6.47. The van der Waals surface area contributed by atoms with Gasteiger partial charge in [-0.3, -0.25) is 14.4 Å². The maximum absolute atomic E-state index is 14.7. The minimum Gasteiger partial charge on any atom is -0.466 e. The molecule has 2 aromatic carbocycles. The number of benzene rings is 2. The largest absolute Gasteiger partial charge is 0.466 e. The molecule has 1 aliphatic heterocycles. The van der Waals surface area contributed by atoms with Crippen LogP contribution in [-0.4, -0.2) is 48.9 Å². The van der Waals surface area contributed by atoms with Crippen LogP contribution in [0.5, 0.6) is 0 Å². The van der Waals surface area contributed by atoms with Crippen LogP contribution in [-0.2, 0) is 31.0 Å². The van der Waals surface area contributed by atoms with E-state index in [1.165, 1.54) is 5.56 Å². The molecule has 1 unspecified atom stereocenters. The Morgan fingerprint density at radius 1 is 1.08 bits per heavy atom. The van der Waals surface area contributed by atoms with E-state index in [2.05, 4.69) is 34.9 Å². The van der Waals surface area contributed by atoms with Crippen LogP contribution in [0.25, 0.3) is 0 Å². The molecule has 2 aliphatic rings. The van der Waals surface area contributed by atoms with Gasteiger partial charge < -0.3 is 21.1 Å².